The zero-order valence-corrected chi connectivity index (χ0v) is 15.4. The van der Waals surface area contributed by atoms with Gasteiger partial charge in [-0.2, -0.15) is 5.26 Å². The van der Waals surface area contributed by atoms with Gasteiger partial charge >= 0.3 is 0 Å². The molecule has 0 atom stereocenters. The molecule has 2 N–H and O–H groups in total. The third-order valence-electron chi connectivity index (χ3n) is 3.47. The number of nitrogens with one attached hydrogen (secondary N) is 2. The highest BCUT2D eigenvalue weighted by molar-refractivity contribution is 5.97. The SMILES string of the molecule is CCOc1ccc(N/C=C(/C#N)C(=O)NCc2cccnc2)cc1OCC. The number of rotatable bonds is 9. The standard InChI is InChI=1S/C20H22N4O3/c1-3-26-18-8-7-17(10-19(18)27-4-2)23-14-16(11-21)20(25)24-13-15-6-5-9-22-12-15/h5-10,12,14,23H,3-4,13H2,1-2H3,(H,24,25)/b16-14-. The summed E-state index contributed by atoms with van der Waals surface area (Å²) in [6.07, 6.45) is 4.68. The Kier molecular flexibility index (Phi) is 7.67. The molecule has 1 heterocycles. The van der Waals surface area contributed by atoms with E-state index in [4.69, 9.17) is 9.47 Å². The Bertz CT molecular complexity index is 829. The summed E-state index contributed by atoms with van der Waals surface area (Å²) >= 11 is 0. The van der Waals surface area contributed by atoms with Crippen LogP contribution in [0.5, 0.6) is 11.5 Å². The Balaban J connectivity index is 2.04. The summed E-state index contributed by atoms with van der Waals surface area (Å²) in [4.78, 5) is 16.2. The van der Waals surface area contributed by atoms with Gasteiger partial charge in [0.2, 0.25) is 0 Å². The second-order valence-electron chi connectivity index (χ2n) is 5.39. The molecule has 0 fully saturated rings. The van der Waals surface area contributed by atoms with Crippen LogP contribution < -0.4 is 20.1 Å². The molecule has 140 valence electrons. The van der Waals surface area contributed by atoms with Gasteiger partial charge in [0.1, 0.15) is 11.6 Å². The van der Waals surface area contributed by atoms with Gasteiger partial charge in [-0.25, -0.2) is 0 Å². The Morgan fingerprint density at radius 1 is 1.22 bits per heavy atom. The van der Waals surface area contributed by atoms with E-state index >= 15 is 0 Å². The molecular formula is C20H22N4O3. The zero-order chi connectivity index (χ0) is 19.5. The lowest BCUT2D eigenvalue weighted by atomic mass is 10.2. The molecule has 0 aliphatic carbocycles. The molecule has 0 aliphatic heterocycles. The first kappa shape index (κ1) is 19.8. The fraction of sp³-hybridized carbons (Fsp3) is 0.250. The van der Waals surface area contributed by atoms with Crippen molar-refractivity contribution in [3.63, 3.8) is 0 Å². The van der Waals surface area contributed by atoms with Crippen molar-refractivity contribution in [1.82, 2.24) is 10.3 Å². The van der Waals surface area contributed by atoms with Crippen molar-refractivity contribution in [2.24, 2.45) is 0 Å². The Labute approximate surface area is 158 Å². The molecule has 1 aromatic heterocycles. The van der Waals surface area contributed by atoms with E-state index in [-0.39, 0.29) is 5.57 Å². The number of aromatic nitrogens is 1. The second kappa shape index (κ2) is 10.5. The molecule has 1 aromatic carbocycles. The van der Waals surface area contributed by atoms with Crippen molar-refractivity contribution >= 4 is 11.6 Å². The van der Waals surface area contributed by atoms with Crippen LogP contribution in [-0.2, 0) is 11.3 Å². The molecule has 0 aliphatic rings. The summed E-state index contributed by atoms with van der Waals surface area (Å²) in [7, 11) is 0. The molecule has 0 unspecified atom stereocenters. The summed E-state index contributed by atoms with van der Waals surface area (Å²) in [5.74, 6) is 0.769. The Hall–Kier alpha value is -3.53. The average molecular weight is 366 g/mol. The van der Waals surface area contributed by atoms with E-state index in [0.29, 0.717) is 36.9 Å². The highest BCUT2D eigenvalue weighted by atomic mass is 16.5. The van der Waals surface area contributed by atoms with Gasteiger partial charge in [-0.15, -0.1) is 0 Å². The van der Waals surface area contributed by atoms with Gasteiger partial charge in [-0.3, -0.25) is 9.78 Å². The van der Waals surface area contributed by atoms with E-state index in [1.165, 1.54) is 6.20 Å². The lowest BCUT2D eigenvalue weighted by Crippen LogP contribution is -2.24. The van der Waals surface area contributed by atoms with Crippen molar-refractivity contribution in [3.8, 4) is 17.6 Å². The molecule has 0 radical (unpaired) electrons. The predicted octanol–water partition coefficient (Wildman–Crippen LogP) is 3.01. The summed E-state index contributed by atoms with van der Waals surface area (Å²) in [5.41, 5.74) is 1.49. The summed E-state index contributed by atoms with van der Waals surface area (Å²) in [6, 6.07) is 10.8. The van der Waals surface area contributed by atoms with E-state index in [1.807, 2.05) is 26.0 Å². The normalized spacial score (nSPS) is 10.6. The highest BCUT2D eigenvalue weighted by Gasteiger charge is 2.10. The number of hydrogen-bond donors (Lipinski definition) is 2. The van der Waals surface area contributed by atoms with Crippen molar-refractivity contribution in [3.05, 3.63) is 60.1 Å². The van der Waals surface area contributed by atoms with Gasteiger partial charge in [0.25, 0.3) is 5.91 Å². The highest BCUT2D eigenvalue weighted by Crippen LogP contribution is 2.30. The van der Waals surface area contributed by atoms with Crippen LogP contribution in [-0.4, -0.2) is 24.1 Å². The van der Waals surface area contributed by atoms with E-state index in [1.54, 1.807) is 36.7 Å². The number of anilines is 1. The van der Waals surface area contributed by atoms with E-state index < -0.39 is 5.91 Å². The van der Waals surface area contributed by atoms with Crippen molar-refractivity contribution in [2.75, 3.05) is 18.5 Å². The number of carbonyl (C=O) groups is 1. The number of nitriles is 1. The van der Waals surface area contributed by atoms with Crippen molar-refractivity contribution in [1.29, 1.82) is 5.26 Å². The van der Waals surface area contributed by atoms with Crippen LogP contribution in [0.25, 0.3) is 0 Å². The molecule has 7 heteroatoms. The maximum atomic E-state index is 12.2. The zero-order valence-electron chi connectivity index (χ0n) is 15.4. The first-order chi connectivity index (χ1) is 13.2. The summed E-state index contributed by atoms with van der Waals surface area (Å²) in [6.45, 7) is 5.11. The average Bonchev–Trinajstić information content (AvgIpc) is 2.70. The van der Waals surface area contributed by atoms with Gasteiger partial charge in [0.05, 0.1) is 13.2 Å². The van der Waals surface area contributed by atoms with Crippen LogP contribution in [0, 0.1) is 11.3 Å². The first-order valence-electron chi connectivity index (χ1n) is 8.61. The van der Waals surface area contributed by atoms with Gasteiger partial charge in [-0.1, -0.05) is 6.07 Å². The number of hydrogen-bond acceptors (Lipinski definition) is 6. The van der Waals surface area contributed by atoms with Crippen LogP contribution in [0.2, 0.25) is 0 Å². The molecule has 0 saturated heterocycles. The minimum atomic E-state index is -0.468. The Morgan fingerprint density at radius 3 is 2.67 bits per heavy atom. The lowest BCUT2D eigenvalue weighted by Gasteiger charge is -2.12. The van der Waals surface area contributed by atoms with Gasteiger partial charge < -0.3 is 20.1 Å². The number of nitrogens with zero attached hydrogens (tertiary/aromatic N) is 2. The minimum Gasteiger partial charge on any atom is -0.490 e. The van der Waals surface area contributed by atoms with E-state index in [0.717, 1.165) is 5.56 Å². The maximum absolute atomic E-state index is 12.2. The predicted molar refractivity (Wildman–Crippen MR) is 102 cm³/mol. The third kappa shape index (κ3) is 6.04. The van der Waals surface area contributed by atoms with Crippen molar-refractivity contribution < 1.29 is 14.3 Å². The van der Waals surface area contributed by atoms with Gasteiger partial charge in [-0.05, 0) is 37.6 Å². The largest absolute Gasteiger partial charge is 0.490 e. The van der Waals surface area contributed by atoms with Crippen LogP contribution in [0.3, 0.4) is 0 Å². The third-order valence-corrected chi connectivity index (χ3v) is 3.47. The van der Waals surface area contributed by atoms with Crippen molar-refractivity contribution in [2.45, 2.75) is 20.4 Å². The second-order valence-corrected chi connectivity index (χ2v) is 5.39. The number of benzene rings is 1. The summed E-state index contributed by atoms with van der Waals surface area (Å²) in [5, 5.41) is 14.9. The van der Waals surface area contributed by atoms with E-state index in [9.17, 15) is 10.1 Å². The van der Waals surface area contributed by atoms with Crippen LogP contribution in [0.15, 0.2) is 54.5 Å². The van der Waals surface area contributed by atoms with Crippen LogP contribution in [0.4, 0.5) is 5.69 Å². The molecule has 0 bridgehead atoms. The van der Waals surface area contributed by atoms with Crippen LogP contribution >= 0.6 is 0 Å². The summed E-state index contributed by atoms with van der Waals surface area (Å²) < 4.78 is 11.1. The van der Waals surface area contributed by atoms with Gasteiger partial charge in [0, 0.05) is 36.9 Å². The monoisotopic (exact) mass is 366 g/mol. The molecule has 2 rings (SSSR count). The van der Waals surface area contributed by atoms with Crippen LogP contribution in [0.1, 0.15) is 19.4 Å². The quantitative estimate of drug-likeness (QED) is 0.523. The molecule has 0 spiro atoms. The van der Waals surface area contributed by atoms with E-state index in [2.05, 4.69) is 15.6 Å². The fourth-order valence-corrected chi connectivity index (χ4v) is 2.23. The number of amides is 1. The minimum absolute atomic E-state index is 0.0364. The number of pyridine rings is 1. The fourth-order valence-electron chi connectivity index (χ4n) is 2.23. The lowest BCUT2D eigenvalue weighted by molar-refractivity contribution is -0.117. The number of ether oxygens (including phenoxy) is 2. The smallest absolute Gasteiger partial charge is 0.263 e. The molecule has 27 heavy (non-hydrogen) atoms. The molecular weight excluding hydrogens is 344 g/mol. The number of carbonyl (C=O) groups excluding carboxylic acids is 1. The first-order valence-corrected chi connectivity index (χ1v) is 8.61. The Morgan fingerprint density at radius 2 is 2.00 bits per heavy atom. The molecule has 0 saturated carbocycles. The maximum Gasteiger partial charge on any atom is 0.263 e. The molecule has 1 amide bonds. The molecule has 7 nitrogen and oxygen atoms in total. The molecule has 2 aromatic rings. The van der Waals surface area contributed by atoms with Gasteiger partial charge in [0.15, 0.2) is 11.5 Å². The topological polar surface area (TPSA) is 96.3 Å².